The lowest BCUT2D eigenvalue weighted by Gasteiger charge is -2.31. The van der Waals surface area contributed by atoms with Crippen molar-refractivity contribution >= 4 is 21.7 Å². The number of hydrogen-bond acceptors (Lipinski definition) is 5. The van der Waals surface area contributed by atoms with E-state index in [0.29, 0.717) is 31.7 Å². The average molecular weight is 426 g/mol. The van der Waals surface area contributed by atoms with Crippen molar-refractivity contribution in [3.05, 3.63) is 72.7 Å². The van der Waals surface area contributed by atoms with Gasteiger partial charge in [0.25, 0.3) is 0 Å². The summed E-state index contributed by atoms with van der Waals surface area (Å²) in [7, 11) is -3.60. The van der Waals surface area contributed by atoms with E-state index in [1.165, 1.54) is 4.31 Å². The smallest absolute Gasteiger partial charge is 0.243 e. The maximum Gasteiger partial charge on any atom is 0.243 e. The molecule has 0 spiro atoms. The highest BCUT2D eigenvalue weighted by Crippen LogP contribution is 2.24. The van der Waals surface area contributed by atoms with Crippen LogP contribution >= 0.6 is 0 Å². The predicted octanol–water partition coefficient (Wildman–Crippen LogP) is 2.37. The minimum Gasteiger partial charge on any atom is -0.309 e. The summed E-state index contributed by atoms with van der Waals surface area (Å²) in [6, 6.07) is 13.9. The molecule has 3 heterocycles. The van der Waals surface area contributed by atoms with Crippen LogP contribution in [0.1, 0.15) is 18.4 Å². The summed E-state index contributed by atoms with van der Waals surface area (Å²) in [6.45, 7) is 1.16. The Labute approximate surface area is 175 Å². The number of anilines is 1. The number of rotatable bonds is 6. The first-order chi connectivity index (χ1) is 14.5. The van der Waals surface area contributed by atoms with Gasteiger partial charge in [-0.05, 0) is 42.7 Å². The van der Waals surface area contributed by atoms with E-state index >= 15 is 0 Å². The number of sulfonamides is 1. The Kier molecular flexibility index (Phi) is 5.91. The normalized spacial score (nSPS) is 17.5. The van der Waals surface area contributed by atoms with Crippen molar-refractivity contribution in [1.29, 1.82) is 0 Å². The number of aromatic nitrogens is 3. The largest absolute Gasteiger partial charge is 0.309 e. The third kappa shape index (κ3) is 4.58. The van der Waals surface area contributed by atoms with Gasteiger partial charge in [-0.25, -0.2) is 8.42 Å². The molecular formula is C21H23N5O3S. The zero-order valence-corrected chi connectivity index (χ0v) is 17.2. The molecule has 9 heteroatoms. The number of nitrogens with one attached hydrogen (secondary N) is 1. The Morgan fingerprint density at radius 1 is 1.10 bits per heavy atom. The van der Waals surface area contributed by atoms with Crippen LogP contribution in [0.5, 0.6) is 0 Å². The van der Waals surface area contributed by atoms with Crippen molar-refractivity contribution in [2.75, 3.05) is 18.4 Å². The summed E-state index contributed by atoms with van der Waals surface area (Å²) in [5.74, 6) is -0.170. The molecule has 1 saturated heterocycles. The van der Waals surface area contributed by atoms with Gasteiger partial charge >= 0.3 is 0 Å². The number of pyridine rings is 1. The van der Waals surface area contributed by atoms with Crippen molar-refractivity contribution < 1.29 is 13.2 Å². The molecule has 1 aromatic carbocycles. The second-order valence-electron chi connectivity index (χ2n) is 7.26. The summed E-state index contributed by atoms with van der Waals surface area (Å²) in [5, 5.41) is 7.21. The highest BCUT2D eigenvalue weighted by Gasteiger charge is 2.33. The molecule has 2 aromatic heterocycles. The molecular weight excluding hydrogens is 402 g/mol. The maximum atomic E-state index is 12.9. The van der Waals surface area contributed by atoms with E-state index in [1.807, 2.05) is 12.1 Å². The molecule has 1 unspecified atom stereocenters. The molecule has 0 radical (unpaired) electrons. The molecule has 8 nitrogen and oxygen atoms in total. The molecule has 1 atom stereocenters. The fraction of sp³-hybridized carbons (Fsp3) is 0.286. The highest BCUT2D eigenvalue weighted by molar-refractivity contribution is 7.89. The summed E-state index contributed by atoms with van der Waals surface area (Å²) in [4.78, 5) is 17.0. The Morgan fingerprint density at radius 2 is 1.87 bits per heavy atom. The Hall–Kier alpha value is -3.04. The fourth-order valence-electron chi connectivity index (χ4n) is 3.54. The summed E-state index contributed by atoms with van der Waals surface area (Å²) >= 11 is 0. The van der Waals surface area contributed by atoms with Crippen molar-refractivity contribution in [2.45, 2.75) is 24.3 Å². The molecule has 0 aliphatic carbocycles. The quantitative estimate of drug-likeness (QED) is 0.654. The number of carbonyl (C=O) groups excluding carboxylic acids is 1. The molecule has 0 bridgehead atoms. The highest BCUT2D eigenvalue weighted by atomic mass is 32.2. The molecule has 1 fully saturated rings. The van der Waals surface area contributed by atoms with Crippen LogP contribution in [0.4, 0.5) is 5.82 Å². The molecule has 1 aliphatic rings. The summed E-state index contributed by atoms with van der Waals surface area (Å²) in [5.41, 5.74) is 1.06. The van der Waals surface area contributed by atoms with Crippen LogP contribution in [0.2, 0.25) is 0 Å². The van der Waals surface area contributed by atoms with Gasteiger partial charge < -0.3 is 5.32 Å². The lowest BCUT2D eigenvalue weighted by molar-refractivity contribution is -0.120. The fourth-order valence-corrected chi connectivity index (χ4v) is 5.08. The molecule has 4 rings (SSSR count). The predicted molar refractivity (Wildman–Crippen MR) is 112 cm³/mol. The van der Waals surface area contributed by atoms with Gasteiger partial charge in [-0.3, -0.25) is 14.5 Å². The average Bonchev–Trinajstić information content (AvgIpc) is 3.21. The number of hydrogen-bond donors (Lipinski definition) is 1. The maximum absolute atomic E-state index is 12.9. The Bertz CT molecular complexity index is 1100. The van der Waals surface area contributed by atoms with Crippen LogP contribution in [0.15, 0.2) is 72.0 Å². The first-order valence-electron chi connectivity index (χ1n) is 9.81. The SMILES string of the molecule is O=C(Nc1ccn(Cc2ccncc2)n1)C1CCCN(S(=O)(=O)c2ccccc2)C1. The minimum absolute atomic E-state index is 0.167. The van der Waals surface area contributed by atoms with Gasteiger partial charge in [-0.15, -0.1) is 0 Å². The monoisotopic (exact) mass is 425 g/mol. The number of carbonyl (C=O) groups is 1. The zero-order chi connectivity index (χ0) is 21.0. The molecule has 0 saturated carbocycles. The number of piperidine rings is 1. The summed E-state index contributed by atoms with van der Waals surface area (Å²) in [6.07, 6.45) is 6.52. The summed E-state index contributed by atoms with van der Waals surface area (Å²) < 4.78 is 28.9. The Morgan fingerprint density at radius 3 is 2.63 bits per heavy atom. The number of nitrogens with zero attached hydrogens (tertiary/aromatic N) is 4. The lowest BCUT2D eigenvalue weighted by Crippen LogP contribution is -2.43. The van der Waals surface area contributed by atoms with Gasteiger partial charge in [0.15, 0.2) is 5.82 Å². The first kappa shape index (κ1) is 20.2. The van der Waals surface area contributed by atoms with E-state index in [2.05, 4.69) is 15.4 Å². The van der Waals surface area contributed by atoms with Crippen LogP contribution in [-0.4, -0.2) is 46.5 Å². The molecule has 30 heavy (non-hydrogen) atoms. The van der Waals surface area contributed by atoms with Gasteiger partial charge in [0.1, 0.15) is 0 Å². The van der Waals surface area contributed by atoms with Crippen LogP contribution in [0.25, 0.3) is 0 Å². The molecule has 1 N–H and O–H groups in total. The van der Waals surface area contributed by atoms with Gasteiger partial charge in [0.05, 0.1) is 17.4 Å². The zero-order valence-electron chi connectivity index (χ0n) is 16.4. The van der Waals surface area contributed by atoms with E-state index in [4.69, 9.17) is 0 Å². The van der Waals surface area contributed by atoms with Crippen molar-refractivity contribution in [3.63, 3.8) is 0 Å². The third-order valence-corrected chi connectivity index (χ3v) is 7.00. The third-order valence-electron chi connectivity index (χ3n) is 5.12. The minimum atomic E-state index is -3.60. The lowest BCUT2D eigenvalue weighted by atomic mass is 9.99. The Balaban J connectivity index is 1.39. The van der Waals surface area contributed by atoms with Gasteiger partial charge in [-0.2, -0.15) is 9.40 Å². The topological polar surface area (TPSA) is 97.2 Å². The molecule has 156 valence electrons. The van der Waals surface area contributed by atoms with Crippen LogP contribution in [0, 0.1) is 5.92 Å². The van der Waals surface area contributed by atoms with Crippen LogP contribution in [0.3, 0.4) is 0 Å². The van der Waals surface area contributed by atoms with E-state index in [-0.39, 0.29) is 17.3 Å². The molecule has 1 amide bonds. The van der Waals surface area contributed by atoms with Gasteiger partial charge in [0.2, 0.25) is 15.9 Å². The van der Waals surface area contributed by atoms with Crippen LogP contribution in [-0.2, 0) is 21.4 Å². The van der Waals surface area contributed by atoms with Crippen molar-refractivity contribution in [2.24, 2.45) is 5.92 Å². The number of amides is 1. The second kappa shape index (κ2) is 8.76. The van der Waals surface area contributed by atoms with E-state index in [9.17, 15) is 13.2 Å². The van der Waals surface area contributed by atoms with Gasteiger partial charge in [0, 0.05) is 37.7 Å². The van der Waals surface area contributed by atoms with E-state index < -0.39 is 15.9 Å². The van der Waals surface area contributed by atoms with Gasteiger partial charge in [-0.1, -0.05) is 18.2 Å². The van der Waals surface area contributed by atoms with E-state index in [1.54, 1.807) is 59.7 Å². The second-order valence-corrected chi connectivity index (χ2v) is 9.20. The van der Waals surface area contributed by atoms with Crippen molar-refractivity contribution in [1.82, 2.24) is 19.1 Å². The molecule has 1 aliphatic heterocycles. The number of benzene rings is 1. The molecule has 3 aromatic rings. The van der Waals surface area contributed by atoms with Crippen LogP contribution < -0.4 is 5.32 Å². The standard InChI is InChI=1S/C21H23N5O3S/c27-21(23-20-10-14-25(24-20)15-17-8-11-22-12-9-17)18-5-4-13-26(16-18)30(28,29)19-6-2-1-3-7-19/h1-3,6-12,14,18H,4-5,13,15-16H2,(H,23,24,27). The van der Waals surface area contributed by atoms with E-state index in [0.717, 1.165) is 5.56 Å². The van der Waals surface area contributed by atoms with Crippen molar-refractivity contribution in [3.8, 4) is 0 Å². The first-order valence-corrected chi connectivity index (χ1v) is 11.2.